The van der Waals surface area contributed by atoms with Gasteiger partial charge in [-0.1, -0.05) is 0 Å². The molecule has 2 fully saturated rings. The zero-order chi connectivity index (χ0) is 9.10. The average Bonchev–Trinajstić information content (AvgIpc) is 2.17. The van der Waals surface area contributed by atoms with Crippen LogP contribution in [0.15, 0.2) is 0 Å². The van der Waals surface area contributed by atoms with Gasteiger partial charge < -0.3 is 4.74 Å². The Hall–Kier alpha value is -0.410. The lowest BCUT2D eigenvalue weighted by Crippen LogP contribution is -2.39. The van der Waals surface area contributed by atoms with Crippen molar-refractivity contribution in [3.8, 4) is 0 Å². The summed E-state index contributed by atoms with van der Waals surface area (Å²) in [5, 5.41) is 0. The summed E-state index contributed by atoms with van der Waals surface area (Å²) in [5.41, 5.74) is 0. The summed E-state index contributed by atoms with van der Waals surface area (Å²) in [7, 11) is 0. The quantitative estimate of drug-likeness (QED) is 0.644. The van der Waals surface area contributed by atoms with E-state index in [2.05, 4.69) is 4.90 Å². The maximum atomic E-state index is 11.1. The monoisotopic (exact) mass is 183 g/mol. The van der Waals surface area contributed by atoms with E-state index in [1.807, 2.05) is 0 Å². The van der Waals surface area contributed by atoms with Crippen molar-refractivity contribution in [3.63, 3.8) is 0 Å². The van der Waals surface area contributed by atoms with Crippen molar-refractivity contribution in [2.45, 2.75) is 19.3 Å². The molecule has 3 heteroatoms. The molecule has 13 heavy (non-hydrogen) atoms. The molecule has 1 saturated heterocycles. The van der Waals surface area contributed by atoms with Crippen LogP contribution in [0.5, 0.6) is 0 Å². The van der Waals surface area contributed by atoms with Gasteiger partial charge in [0.15, 0.2) is 0 Å². The first kappa shape index (κ1) is 9.16. The molecule has 74 valence electrons. The molecule has 1 aliphatic carbocycles. The molecule has 0 amide bonds. The van der Waals surface area contributed by atoms with Crippen molar-refractivity contribution in [1.29, 1.82) is 0 Å². The Labute approximate surface area is 79.0 Å². The van der Waals surface area contributed by atoms with Gasteiger partial charge in [-0.2, -0.15) is 0 Å². The third kappa shape index (κ3) is 2.29. The van der Waals surface area contributed by atoms with E-state index in [9.17, 15) is 4.79 Å². The van der Waals surface area contributed by atoms with Crippen LogP contribution in [0, 0.1) is 5.92 Å². The highest BCUT2D eigenvalue weighted by Gasteiger charge is 2.27. The molecule has 0 radical (unpaired) electrons. The normalized spacial score (nSPS) is 30.2. The summed E-state index contributed by atoms with van der Waals surface area (Å²) in [6.07, 6.45) is 3.02. The van der Waals surface area contributed by atoms with Crippen LogP contribution >= 0.6 is 0 Å². The second kappa shape index (κ2) is 4.20. The van der Waals surface area contributed by atoms with Crippen molar-refractivity contribution < 1.29 is 9.53 Å². The van der Waals surface area contributed by atoms with Crippen LogP contribution in [0.2, 0.25) is 0 Å². The van der Waals surface area contributed by atoms with E-state index in [0.29, 0.717) is 11.7 Å². The highest BCUT2D eigenvalue weighted by atomic mass is 16.5. The first-order valence-corrected chi connectivity index (χ1v) is 5.19. The van der Waals surface area contributed by atoms with Crippen molar-refractivity contribution in [1.82, 2.24) is 4.90 Å². The number of hydrogen-bond acceptors (Lipinski definition) is 3. The number of carbonyl (C=O) groups excluding carboxylic acids is 1. The van der Waals surface area contributed by atoms with E-state index in [1.54, 1.807) is 0 Å². The molecule has 1 saturated carbocycles. The zero-order valence-corrected chi connectivity index (χ0v) is 8.00. The zero-order valence-electron chi connectivity index (χ0n) is 8.00. The number of nitrogens with zero attached hydrogens (tertiary/aromatic N) is 1. The Balaban J connectivity index is 1.63. The number of Topliss-reactive ketones (excluding diaryl/α,β-unsaturated/α-hetero) is 1. The van der Waals surface area contributed by atoms with Gasteiger partial charge in [0, 0.05) is 25.4 Å². The average molecular weight is 183 g/mol. The Bertz CT molecular complexity index is 187. The Morgan fingerprint density at radius 2 is 2.15 bits per heavy atom. The molecular weight excluding hydrogens is 166 g/mol. The SMILES string of the molecule is O=C1CCC1CCN1CCOCC1. The van der Waals surface area contributed by atoms with Gasteiger partial charge in [-0.3, -0.25) is 9.69 Å². The molecule has 0 aromatic carbocycles. The summed E-state index contributed by atoms with van der Waals surface area (Å²) in [6, 6.07) is 0. The molecule has 1 unspecified atom stereocenters. The van der Waals surface area contributed by atoms with Crippen LogP contribution in [-0.2, 0) is 9.53 Å². The fourth-order valence-electron chi connectivity index (χ4n) is 1.93. The number of morpholine rings is 1. The van der Waals surface area contributed by atoms with Crippen LogP contribution in [0.1, 0.15) is 19.3 Å². The third-order valence-electron chi connectivity index (χ3n) is 3.09. The van der Waals surface area contributed by atoms with E-state index in [4.69, 9.17) is 4.74 Å². The van der Waals surface area contributed by atoms with E-state index in [1.165, 1.54) is 0 Å². The van der Waals surface area contributed by atoms with Crippen molar-refractivity contribution in [2.24, 2.45) is 5.92 Å². The van der Waals surface area contributed by atoms with Gasteiger partial charge in [0.1, 0.15) is 5.78 Å². The minimum Gasteiger partial charge on any atom is -0.379 e. The predicted octanol–water partition coefficient (Wildman–Crippen LogP) is 0.688. The highest BCUT2D eigenvalue weighted by Crippen LogP contribution is 2.25. The van der Waals surface area contributed by atoms with Gasteiger partial charge in [0.25, 0.3) is 0 Å². The largest absolute Gasteiger partial charge is 0.379 e. The molecule has 0 bridgehead atoms. The maximum Gasteiger partial charge on any atom is 0.136 e. The number of hydrogen-bond donors (Lipinski definition) is 0. The van der Waals surface area contributed by atoms with Gasteiger partial charge >= 0.3 is 0 Å². The minimum absolute atomic E-state index is 0.392. The van der Waals surface area contributed by atoms with Crippen molar-refractivity contribution in [3.05, 3.63) is 0 Å². The molecule has 0 spiro atoms. The topological polar surface area (TPSA) is 29.5 Å². The fourth-order valence-corrected chi connectivity index (χ4v) is 1.93. The van der Waals surface area contributed by atoms with Gasteiger partial charge in [0.2, 0.25) is 0 Å². The molecule has 3 nitrogen and oxygen atoms in total. The van der Waals surface area contributed by atoms with Crippen LogP contribution < -0.4 is 0 Å². The van der Waals surface area contributed by atoms with Gasteiger partial charge in [0.05, 0.1) is 13.2 Å². The first-order chi connectivity index (χ1) is 6.36. The predicted molar refractivity (Wildman–Crippen MR) is 49.6 cm³/mol. The number of ether oxygens (including phenoxy) is 1. The van der Waals surface area contributed by atoms with Crippen LogP contribution in [0.4, 0.5) is 0 Å². The summed E-state index contributed by atoms with van der Waals surface area (Å²) in [4.78, 5) is 13.5. The molecule has 0 aromatic heterocycles. The van der Waals surface area contributed by atoms with Gasteiger partial charge in [-0.05, 0) is 19.4 Å². The van der Waals surface area contributed by atoms with Crippen LogP contribution in [-0.4, -0.2) is 43.5 Å². The summed E-state index contributed by atoms with van der Waals surface area (Å²) < 4.78 is 5.26. The molecule has 2 aliphatic rings. The van der Waals surface area contributed by atoms with E-state index in [0.717, 1.165) is 52.1 Å². The molecule has 0 aromatic rings. The Kier molecular flexibility index (Phi) is 2.96. The minimum atomic E-state index is 0.392. The number of rotatable bonds is 3. The smallest absolute Gasteiger partial charge is 0.136 e. The summed E-state index contributed by atoms with van der Waals surface area (Å²) >= 11 is 0. The molecule has 1 heterocycles. The number of carbonyl (C=O) groups is 1. The van der Waals surface area contributed by atoms with Gasteiger partial charge in [-0.15, -0.1) is 0 Å². The van der Waals surface area contributed by atoms with E-state index in [-0.39, 0.29) is 0 Å². The second-order valence-electron chi connectivity index (χ2n) is 3.94. The van der Waals surface area contributed by atoms with Gasteiger partial charge in [-0.25, -0.2) is 0 Å². The fraction of sp³-hybridized carbons (Fsp3) is 0.900. The van der Waals surface area contributed by atoms with E-state index >= 15 is 0 Å². The van der Waals surface area contributed by atoms with Crippen LogP contribution in [0.3, 0.4) is 0 Å². The molecule has 2 rings (SSSR count). The summed E-state index contributed by atoms with van der Waals surface area (Å²) in [6.45, 7) is 4.89. The Morgan fingerprint density at radius 1 is 1.38 bits per heavy atom. The first-order valence-electron chi connectivity index (χ1n) is 5.19. The lowest BCUT2D eigenvalue weighted by atomic mass is 9.81. The lowest BCUT2D eigenvalue weighted by Gasteiger charge is -2.30. The van der Waals surface area contributed by atoms with Crippen molar-refractivity contribution in [2.75, 3.05) is 32.8 Å². The molecular formula is C10H17NO2. The second-order valence-corrected chi connectivity index (χ2v) is 3.94. The summed E-state index contributed by atoms with van der Waals surface area (Å²) in [5.74, 6) is 0.871. The van der Waals surface area contributed by atoms with E-state index < -0.39 is 0 Å². The number of ketones is 1. The molecule has 0 N–H and O–H groups in total. The molecule has 1 aliphatic heterocycles. The molecule has 1 atom stereocenters. The maximum absolute atomic E-state index is 11.1. The lowest BCUT2D eigenvalue weighted by molar-refractivity contribution is -0.129. The Morgan fingerprint density at radius 3 is 2.69 bits per heavy atom. The standard InChI is InChI=1S/C10H17NO2/c12-10-2-1-9(10)3-4-11-5-7-13-8-6-11/h9H,1-8H2. The highest BCUT2D eigenvalue weighted by molar-refractivity contribution is 5.86. The third-order valence-corrected chi connectivity index (χ3v) is 3.09. The van der Waals surface area contributed by atoms with Crippen LogP contribution in [0.25, 0.3) is 0 Å². The van der Waals surface area contributed by atoms with Crippen molar-refractivity contribution >= 4 is 5.78 Å².